The molecule has 100 valence electrons. The first-order valence-corrected chi connectivity index (χ1v) is 7.12. The maximum absolute atomic E-state index is 11.8. The molecule has 2 aromatic rings. The Morgan fingerprint density at radius 1 is 1.42 bits per heavy atom. The molecular weight excluding hydrogens is 262 g/mol. The Morgan fingerprint density at radius 3 is 3.00 bits per heavy atom. The summed E-state index contributed by atoms with van der Waals surface area (Å²) in [6.45, 7) is 2.11. The summed E-state index contributed by atoms with van der Waals surface area (Å²) in [5.74, 6) is 0.361. The molecule has 0 aliphatic carbocycles. The van der Waals surface area contributed by atoms with Crippen molar-refractivity contribution in [2.45, 2.75) is 18.8 Å². The quantitative estimate of drug-likeness (QED) is 0.795. The molecule has 19 heavy (non-hydrogen) atoms. The van der Waals surface area contributed by atoms with Crippen LogP contribution < -0.4 is 10.6 Å². The van der Waals surface area contributed by atoms with Gasteiger partial charge in [0.15, 0.2) is 5.13 Å². The number of aromatic amines is 1. The highest BCUT2D eigenvalue weighted by Gasteiger charge is 2.18. The minimum absolute atomic E-state index is 0.205. The van der Waals surface area contributed by atoms with E-state index in [0.29, 0.717) is 16.7 Å². The third-order valence-electron chi connectivity index (χ3n) is 3.23. The molecule has 1 fully saturated rings. The van der Waals surface area contributed by atoms with Crippen LogP contribution in [0.5, 0.6) is 0 Å². The van der Waals surface area contributed by atoms with Crippen molar-refractivity contribution < 1.29 is 4.79 Å². The van der Waals surface area contributed by atoms with E-state index in [9.17, 15) is 4.79 Å². The van der Waals surface area contributed by atoms with Gasteiger partial charge in [0.1, 0.15) is 5.69 Å². The van der Waals surface area contributed by atoms with E-state index in [1.54, 1.807) is 23.6 Å². The van der Waals surface area contributed by atoms with Crippen LogP contribution in [0, 0.1) is 0 Å². The van der Waals surface area contributed by atoms with Crippen molar-refractivity contribution >= 4 is 22.4 Å². The fraction of sp³-hybridized carbons (Fsp3) is 0.417. The van der Waals surface area contributed by atoms with Crippen LogP contribution in [0.4, 0.5) is 5.13 Å². The van der Waals surface area contributed by atoms with Gasteiger partial charge < -0.3 is 5.32 Å². The zero-order chi connectivity index (χ0) is 13.1. The van der Waals surface area contributed by atoms with Crippen LogP contribution in [-0.4, -0.2) is 34.2 Å². The van der Waals surface area contributed by atoms with Gasteiger partial charge in [0.2, 0.25) is 0 Å². The summed E-state index contributed by atoms with van der Waals surface area (Å²) in [5.41, 5.74) is 0.443. The van der Waals surface area contributed by atoms with Gasteiger partial charge in [-0.1, -0.05) is 0 Å². The zero-order valence-electron chi connectivity index (χ0n) is 10.3. The average molecular weight is 277 g/mol. The topological polar surface area (TPSA) is 82.7 Å². The van der Waals surface area contributed by atoms with E-state index >= 15 is 0 Å². The van der Waals surface area contributed by atoms with E-state index < -0.39 is 0 Å². The van der Waals surface area contributed by atoms with Crippen LogP contribution in [0.2, 0.25) is 0 Å². The van der Waals surface area contributed by atoms with Gasteiger partial charge in [-0.25, -0.2) is 4.98 Å². The SMILES string of the molecule is O=C(Nc1ncc(C2CCNCC2)s1)c1ccn[nH]1. The van der Waals surface area contributed by atoms with Crippen LogP contribution in [0.25, 0.3) is 0 Å². The van der Waals surface area contributed by atoms with Crippen LogP contribution >= 0.6 is 11.3 Å². The van der Waals surface area contributed by atoms with Gasteiger partial charge in [0.05, 0.1) is 0 Å². The lowest BCUT2D eigenvalue weighted by Crippen LogP contribution is -2.26. The Morgan fingerprint density at radius 2 is 2.26 bits per heavy atom. The van der Waals surface area contributed by atoms with E-state index in [4.69, 9.17) is 0 Å². The highest BCUT2D eigenvalue weighted by atomic mass is 32.1. The number of nitrogens with zero attached hydrogens (tertiary/aromatic N) is 2. The Hall–Kier alpha value is -1.73. The maximum atomic E-state index is 11.8. The number of carbonyl (C=O) groups is 1. The lowest BCUT2D eigenvalue weighted by atomic mass is 9.97. The summed E-state index contributed by atoms with van der Waals surface area (Å²) in [4.78, 5) is 17.4. The first kappa shape index (κ1) is 12.3. The molecule has 6 nitrogen and oxygen atoms in total. The van der Waals surface area contributed by atoms with Crippen LogP contribution in [0.3, 0.4) is 0 Å². The molecule has 3 rings (SSSR count). The lowest BCUT2D eigenvalue weighted by Gasteiger charge is -2.20. The number of piperidine rings is 1. The first-order chi connectivity index (χ1) is 9.33. The molecule has 0 bridgehead atoms. The number of carbonyl (C=O) groups excluding carboxylic acids is 1. The number of aromatic nitrogens is 3. The molecule has 1 saturated heterocycles. The summed E-state index contributed by atoms with van der Waals surface area (Å²) in [5, 5.41) is 13.2. The summed E-state index contributed by atoms with van der Waals surface area (Å²) >= 11 is 1.56. The molecule has 1 aliphatic rings. The molecule has 2 aromatic heterocycles. The fourth-order valence-electron chi connectivity index (χ4n) is 2.19. The van der Waals surface area contributed by atoms with Gasteiger partial charge in [0.25, 0.3) is 5.91 Å². The Labute approximate surface area is 114 Å². The molecule has 1 aliphatic heterocycles. The van der Waals surface area contributed by atoms with Crippen molar-refractivity contribution in [1.29, 1.82) is 0 Å². The van der Waals surface area contributed by atoms with E-state index in [1.807, 2.05) is 6.20 Å². The van der Waals surface area contributed by atoms with Crippen molar-refractivity contribution in [1.82, 2.24) is 20.5 Å². The third kappa shape index (κ3) is 2.82. The minimum atomic E-state index is -0.205. The fourth-order valence-corrected chi connectivity index (χ4v) is 3.17. The van der Waals surface area contributed by atoms with Gasteiger partial charge in [-0.15, -0.1) is 11.3 Å². The Bertz CT molecular complexity index is 544. The van der Waals surface area contributed by atoms with Gasteiger partial charge >= 0.3 is 0 Å². The molecular formula is C12H15N5OS. The second kappa shape index (κ2) is 5.50. The molecule has 0 radical (unpaired) electrons. The highest BCUT2D eigenvalue weighted by molar-refractivity contribution is 7.15. The smallest absolute Gasteiger partial charge is 0.275 e. The van der Waals surface area contributed by atoms with Crippen molar-refractivity contribution in [3.05, 3.63) is 29.0 Å². The van der Waals surface area contributed by atoms with Crippen LogP contribution in [-0.2, 0) is 0 Å². The number of rotatable bonds is 3. The van der Waals surface area contributed by atoms with Gasteiger partial charge in [0, 0.05) is 17.3 Å². The number of anilines is 1. The number of hydrogen-bond acceptors (Lipinski definition) is 5. The van der Waals surface area contributed by atoms with E-state index in [-0.39, 0.29) is 5.91 Å². The molecule has 0 atom stereocenters. The second-order valence-corrected chi connectivity index (χ2v) is 5.58. The van der Waals surface area contributed by atoms with Gasteiger partial charge in [-0.2, -0.15) is 5.10 Å². The normalized spacial score (nSPS) is 16.4. The second-order valence-electron chi connectivity index (χ2n) is 4.52. The zero-order valence-corrected chi connectivity index (χ0v) is 11.2. The van der Waals surface area contributed by atoms with E-state index in [1.165, 1.54) is 4.88 Å². The summed E-state index contributed by atoms with van der Waals surface area (Å²) < 4.78 is 0. The molecule has 1 amide bonds. The Kier molecular flexibility index (Phi) is 3.56. The van der Waals surface area contributed by atoms with Crippen molar-refractivity contribution in [3.63, 3.8) is 0 Å². The molecule has 7 heteroatoms. The first-order valence-electron chi connectivity index (χ1n) is 6.30. The predicted octanol–water partition coefficient (Wildman–Crippen LogP) is 1.59. The number of thiazole rings is 1. The Balaban J connectivity index is 1.66. The minimum Gasteiger partial charge on any atom is -0.317 e. The van der Waals surface area contributed by atoms with Crippen LogP contribution in [0.15, 0.2) is 18.5 Å². The number of amides is 1. The standard InChI is InChI=1S/C12H15N5OS/c18-11(9-3-6-15-17-9)16-12-14-7-10(19-12)8-1-4-13-5-2-8/h3,6-8,13H,1-2,4-5H2,(H,15,17)(H,14,16,18). The molecule has 0 spiro atoms. The molecule has 3 heterocycles. The third-order valence-corrected chi connectivity index (χ3v) is 4.31. The van der Waals surface area contributed by atoms with E-state index in [2.05, 4.69) is 25.8 Å². The number of H-pyrrole nitrogens is 1. The van der Waals surface area contributed by atoms with E-state index in [0.717, 1.165) is 25.9 Å². The van der Waals surface area contributed by atoms with Gasteiger partial charge in [-0.3, -0.25) is 15.2 Å². The lowest BCUT2D eigenvalue weighted by molar-refractivity contribution is 0.102. The van der Waals surface area contributed by atoms with Crippen molar-refractivity contribution in [2.24, 2.45) is 0 Å². The summed E-state index contributed by atoms with van der Waals surface area (Å²) in [7, 11) is 0. The number of nitrogens with one attached hydrogen (secondary N) is 3. The summed E-state index contributed by atoms with van der Waals surface area (Å²) in [6.07, 6.45) is 5.70. The average Bonchev–Trinajstić information content (AvgIpc) is 3.11. The highest BCUT2D eigenvalue weighted by Crippen LogP contribution is 2.31. The van der Waals surface area contributed by atoms with Crippen molar-refractivity contribution in [2.75, 3.05) is 18.4 Å². The molecule has 0 aromatic carbocycles. The monoisotopic (exact) mass is 277 g/mol. The summed E-state index contributed by atoms with van der Waals surface area (Å²) in [6, 6.07) is 1.64. The molecule has 3 N–H and O–H groups in total. The largest absolute Gasteiger partial charge is 0.317 e. The predicted molar refractivity (Wildman–Crippen MR) is 73.5 cm³/mol. The number of hydrogen-bond donors (Lipinski definition) is 3. The molecule has 0 unspecified atom stereocenters. The maximum Gasteiger partial charge on any atom is 0.275 e. The molecule has 0 saturated carbocycles. The van der Waals surface area contributed by atoms with Gasteiger partial charge in [-0.05, 0) is 37.9 Å². The van der Waals surface area contributed by atoms with Crippen LogP contribution in [0.1, 0.15) is 34.1 Å². The van der Waals surface area contributed by atoms with Crippen molar-refractivity contribution in [3.8, 4) is 0 Å².